The smallest absolute Gasteiger partial charge is 0.338 e. The SMILES string of the molecule is CC(C)Cc1cc(-n2c(=O)[nH]c(=O)[nH]c2=O)cc(CC(C)C)c1O. The van der Waals surface area contributed by atoms with Gasteiger partial charge in [0, 0.05) is 0 Å². The largest absolute Gasteiger partial charge is 0.507 e. The van der Waals surface area contributed by atoms with Gasteiger partial charge in [0.05, 0.1) is 5.69 Å². The molecular formula is C17H23N3O4. The molecule has 3 N–H and O–H groups in total. The van der Waals surface area contributed by atoms with Gasteiger partial charge in [0.2, 0.25) is 0 Å². The van der Waals surface area contributed by atoms with E-state index in [0.29, 0.717) is 41.5 Å². The van der Waals surface area contributed by atoms with Crippen LogP contribution in [0.25, 0.3) is 5.69 Å². The van der Waals surface area contributed by atoms with Crippen LogP contribution in [-0.2, 0) is 12.8 Å². The Hall–Kier alpha value is -2.57. The van der Waals surface area contributed by atoms with Crippen LogP contribution in [0.1, 0.15) is 38.8 Å². The van der Waals surface area contributed by atoms with Crippen LogP contribution in [0.4, 0.5) is 0 Å². The summed E-state index contributed by atoms with van der Waals surface area (Å²) in [5.74, 6) is 0.794. The maximum Gasteiger partial charge on any atom is 0.338 e. The van der Waals surface area contributed by atoms with E-state index in [1.165, 1.54) is 0 Å². The lowest BCUT2D eigenvalue weighted by molar-refractivity contribution is 0.450. The van der Waals surface area contributed by atoms with Crippen molar-refractivity contribution in [3.8, 4) is 11.4 Å². The Kier molecular flexibility index (Phi) is 5.11. The number of nitrogens with one attached hydrogen (secondary N) is 2. The number of nitrogens with zero attached hydrogens (tertiary/aromatic N) is 1. The van der Waals surface area contributed by atoms with Crippen LogP contribution >= 0.6 is 0 Å². The number of rotatable bonds is 5. The second-order valence-corrected chi connectivity index (χ2v) is 6.83. The summed E-state index contributed by atoms with van der Waals surface area (Å²) in [7, 11) is 0. The van der Waals surface area contributed by atoms with Crippen molar-refractivity contribution in [2.45, 2.75) is 40.5 Å². The number of phenolic OH excluding ortho intramolecular Hbond substituents is 1. The van der Waals surface area contributed by atoms with E-state index >= 15 is 0 Å². The van der Waals surface area contributed by atoms with E-state index in [1.807, 2.05) is 37.7 Å². The molecule has 0 amide bonds. The number of aromatic amines is 2. The Labute approximate surface area is 139 Å². The number of aromatic hydroxyl groups is 1. The minimum absolute atomic E-state index is 0.204. The standard InChI is InChI=1S/C17H23N3O4/c1-9(2)5-11-7-13(8-12(14(11)21)6-10(3)4)20-16(23)18-15(22)19-17(20)24/h7-10,21H,5-6H2,1-4H3,(H2,18,19,22,23,24). The molecule has 7 nitrogen and oxygen atoms in total. The molecule has 7 heteroatoms. The fourth-order valence-corrected chi connectivity index (χ4v) is 2.73. The summed E-state index contributed by atoms with van der Waals surface area (Å²) in [5, 5.41) is 10.5. The molecule has 0 spiro atoms. The van der Waals surface area contributed by atoms with Gasteiger partial charge in [0.15, 0.2) is 0 Å². The summed E-state index contributed by atoms with van der Waals surface area (Å²) in [6, 6.07) is 3.24. The van der Waals surface area contributed by atoms with Crippen molar-refractivity contribution in [1.82, 2.24) is 14.5 Å². The number of hydrogen-bond donors (Lipinski definition) is 3. The van der Waals surface area contributed by atoms with Gasteiger partial charge in [-0.3, -0.25) is 9.97 Å². The van der Waals surface area contributed by atoms with Crippen molar-refractivity contribution < 1.29 is 5.11 Å². The molecule has 1 aromatic heterocycles. The van der Waals surface area contributed by atoms with Crippen molar-refractivity contribution in [3.63, 3.8) is 0 Å². The van der Waals surface area contributed by atoms with Crippen molar-refractivity contribution >= 4 is 0 Å². The Bertz CT molecular complexity index is 838. The zero-order valence-corrected chi connectivity index (χ0v) is 14.3. The summed E-state index contributed by atoms with van der Waals surface area (Å²) in [6.07, 6.45) is 1.22. The highest BCUT2D eigenvalue weighted by molar-refractivity contribution is 5.50. The summed E-state index contributed by atoms with van der Waals surface area (Å²) in [5.41, 5.74) is -0.765. The van der Waals surface area contributed by atoms with Crippen molar-refractivity contribution in [3.05, 3.63) is 54.7 Å². The maximum atomic E-state index is 12.0. The second kappa shape index (κ2) is 6.90. The molecule has 0 unspecified atom stereocenters. The average molecular weight is 333 g/mol. The lowest BCUT2D eigenvalue weighted by atomic mass is 9.94. The third kappa shape index (κ3) is 3.84. The Balaban J connectivity index is 2.73. The van der Waals surface area contributed by atoms with Crippen LogP contribution < -0.4 is 17.1 Å². The first-order chi connectivity index (χ1) is 11.2. The molecule has 0 aliphatic heterocycles. The van der Waals surface area contributed by atoms with E-state index in [1.54, 1.807) is 12.1 Å². The second-order valence-electron chi connectivity index (χ2n) is 6.83. The van der Waals surface area contributed by atoms with Crippen LogP contribution in [0.2, 0.25) is 0 Å². The highest BCUT2D eigenvalue weighted by Crippen LogP contribution is 2.29. The molecule has 0 aliphatic carbocycles. The molecule has 24 heavy (non-hydrogen) atoms. The van der Waals surface area contributed by atoms with Gasteiger partial charge in [-0.2, -0.15) is 0 Å². The van der Waals surface area contributed by atoms with Crippen LogP contribution in [-0.4, -0.2) is 19.6 Å². The normalized spacial score (nSPS) is 11.4. The monoisotopic (exact) mass is 333 g/mol. The van der Waals surface area contributed by atoms with Gasteiger partial charge in [-0.05, 0) is 47.9 Å². The fourth-order valence-electron chi connectivity index (χ4n) is 2.73. The predicted octanol–water partition coefficient (Wildman–Crippen LogP) is 1.32. The van der Waals surface area contributed by atoms with Crippen LogP contribution in [0.3, 0.4) is 0 Å². The molecule has 0 atom stereocenters. The quantitative estimate of drug-likeness (QED) is 0.767. The van der Waals surface area contributed by atoms with Crippen LogP contribution in [0, 0.1) is 11.8 Å². The number of hydrogen-bond acceptors (Lipinski definition) is 4. The third-order valence-electron chi connectivity index (χ3n) is 3.61. The summed E-state index contributed by atoms with van der Waals surface area (Å²) in [6.45, 7) is 8.08. The zero-order chi connectivity index (χ0) is 18.0. The van der Waals surface area contributed by atoms with E-state index in [2.05, 4.69) is 0 Å². The van der Waals surface area contributed by atoms with Crippen LogP contribution in [0.5, 0.6) is 5.75 Å². The lowest BCUT2D eigenvalue weighted by Crippen LogP contribution is -2.42. The lowest BCUT2D eigenvalue weighted by Gasteiger charge is -2.16. The molecule has 0 saturated heterocycles. The summed E-state index contributed by atoms with van der Waals surface area (Å²) in [4.78, 5) is 39.4. The minimum atomic E-state index is -0.843. The van der Waals surface area contributed by atoms with Crippen molar-refractivity contribution in [2.24, 2.45) is 11.8 Å². The van der Waals surface area contributed by atoms with Crippen molar-refractivity contribution in [2.75, 3.05) is 0 Å². The van der Waals surface area contributed by atoms with E-state index in [-0.39, 0.29) is 5.75 Å². The molecular weight excluding hydrogens is 310 g/mol. The number of benzene rings is 1. The molecule has 0 fully saturated rings. The molecule has 2 aromatic rings. The first kappa shape index (κ1) is 17.8. The van der Waals surface area contributed by atoms with Crippen molar-refractivity contribution in [1.29, 1.82) is 0 Å². The predicted molar refractivity (Wildman–Crippen MR) is 92.0 cm³/mol. The number of aromatic nitrogens is 3. The molecule has 1 heterocycles. The minimum Gasteiger partial charge on any atom is -0.507 e. The van der Waals surface area contributed by atoms with Gasteiger partial charge in [0.25, 0.3) is 0 Å². The van der Waals surface area contributed by atoms with E-state index in [0.717, 1.165) is 4.57 Å². The number of phenols is 1. The molecule has 0 bridgehead atoms. The van der Waals surface area contributed by atoms with Gasteiger partial charge in [0.1, 0.15) is 5.75 Å². The zero-order valence-electron chi connectivity index (χ0n) is 14.3. The first-order valence-corrected chi connectivity index (χ1v) is 7.99. The Morgan fingerprint density at radius 1 is 0.917 bits per heavy atom. The first-order valence-electron chi connectivity index (χ1n) is 7.99. The Morgan fingerprint density at radius 3 is 1.71 bits per heavy atom. The van der Waals surface area contributed by atoms with E-state index < -0.39 is 17.1 Å². The van der Waals surface area contributed by atoms with Gasteiger partial charge in [-0.25, -0.2) is 19.0 Å². The third-order valence-corrected chi connectivity index (χ3v) is 3.61. The van der Waals surface area contributed by atoms with E-state index in [4.69, 9.17) is 0 Å². The summed E-state index contributed by atoms with van der Waals surface area (Å²) >= 11 is 0. The fraction of sp³-hybridized carbons (Fsp3) is 0.471. The Morgan fingerprint density at radius 2 is 1.33 bits per heavy atom. The molecule has 0 saturated carbocycles. The number of H-pyrrole nitrogens is 2. The van der Waals surface area contributed by atoms with E-state index in [9.17, 15) is 19.5 Å². The van der Waals surface area contributed by atoms with Gasteiger partial charge < -0.3 is 5.11 Å². The van der Waals surface area contributed by atoms with Crippen LogP contribution in [0.15, 0.2) is 26.5 Å². The molecule has 130 valence electrons. The maximum absolute atomic E-state index is 12.0. The highest BCUT2D eigenvalue weighted by atomic mass is 16.3. The summed E-state index contributed by atoms with van der Waals surface area (Å²) < 4.78 is 0.870. The average Bonchev–Trinajstić information content (AvgIpc) is 2.41. The van der Waals surface area contributed by atoms with Gasteiger partial charge >= 0.3 is 17.1 Å². The molecule has 0 aliphatic rings. The van der Waals surface area contributed by atoms with Gasteiger partial charge in [-0.15, -0.1) is 0 Å². The molecule has 0 radical (unpaired) electrons. The van der Waals surface area contributed by atoms with Gasteiger partial charge in [-0.1, -0.05) is 27.7 Å². The molecule has 1 aromatic carbocycles. The molecule has 2 rings (SSSR count). The highest BCUT2D eigenvalue weighted by Gasteiger charge is 2.15. The topological polar surface area (TPSA) is 108 Å².